The standard InChI is InChI=1S/C24H18N4O3/c1-15-9-3-7-13-19(15)28-24(29)17-11-5-4-10-16(17)21(26-28)23-25-22(27-31-23)18-12-6-8-14-20(18)30-2/h3-14H,1-2H3. The minimum atomic E-state index is -0.210. The van der Waals surface area contributed by atoms with E-state index in [1.54, 1.807) is 13.2 Å². The summed E-state index contributed by atoms with van der Waals surface area (Å²) in [6, 6.07) is 22.3. The number of ether oxygens (including phenoxy) is 1. The zero-order valence-corrected chi connectivity index (χ0v) is 16.9. The number of methoxy groups -OCH3 is 1. The number of rotatable bonds is 4. The van der Waals surface area contributed by atoms with Gasteiger partial charge in [0.05, 0.1) is 23.7 Å². The third kappa shape index (κ3) is 3.16. The Kier molecular flexibility index (Phi) is 4.55. The van der Waals surface area contributed by atoms with Gasteiger partial charge in [-0.25, -0.2) is 0 Å². The molecule has 0 unspecified atom stereocenters. The van der Waals surface area contributed by atoms with Crippen LogP contribution in [0.25, 0.3) is 39.4 Å². The van der Waals surface area contributed by atoms with Crippen LogP contribution in [0.15, 0.2) is 82.1 Å². The Labute approximate surface area is 177 Å². The third-order valence-corrected chi connectivity index (χ3v) is 5.13. The monoisotopic (exact) mass is 410 g/mol. The van der Waals surface area contributed by atoms with Crippen molar-refractivity contribution in [2.75, 3.05) is 7.11 Å². The van der Waals surface area contributed by atoms with E-state index in [4.69, 9.17) is 9.26 Å². The number of fused-ring (bicyclic) bond motifs is 1. The van der Waals surface area contributed by atoms with Crippen LogP contribution in [0.2, 0.25) is 0 Å². The molecular weight excluding hydrogens is 392 g/mol. The van der Waals surface area contributed by atoms with E-state index >= 15 is 0 Å². The number of aromatic nitrogens is 4. The van der Waals surface area contributed by atoms with E-state index in [0.717, 1.165) is 5.56 Å². The molecule has 7 heteroatoms. The third-order valence-electron chi connectivity index (χ3n) is 5.13. The molecule has 0 aliphatic rings. The van der Waals surface area contributed by atoms with Crippen LogP contribution in [0.3, 0.4) is 0 Å². The lowest BCUT2D eigenvalue weighted by Crippen LogP contribution is -2.23. The minimum Gasteiger partial charge on any atom is -0.496 e. The largest absolute Gasteiger partial charge is 0.496 e. The zero-order valence-electron chi connectivity index (χ0n) is 16.9. The van der Waals surface area contributed by atoms with Gasteiger partial charge in [-0.15, -0.1) is 0 Å². The summed E-state index contributed by atoms with van der Waals surface area (Å²) in [6.07, 6.45) is 0. The molecule has 7 nitrogen and oxygen atoms in total. The topological polar surface area (TPSA) is 83.0 Å². The maximum Gasteiger partial charge on any atom is 0.279 e. The van der Waals surface area contributed by atoms with Gasteiger partial charge in [0, 0.05) is 5.39 Å². The van der Waals surface area contributed by atoms with Crippen LogP contribution in [-0.2, 0) is 0 Å². The van der Waals surface area contributed by atoms with Crippen molar-refractivity contribution in [1.29, 1.82) is 0 Å². The van der Waals surface area contributed by atoms with Crippen molar-refractivity contribution in [3.05, 3.63) is 88.7 Å². The molecule has 152 valence electrons. The maximum absolute atomic E-state index is 13.2. The van der Waals surface area contributed by atoms with Crippen LogP contribution in [0.4, 0.5) is 0 Å². The van der Waals surface area contributed by atoms with E-state index in [2.05, 4.69) is 15.2 Å². The highest BCUT2D eigenvalue weighted by Gasteiger charge is 2.20. The van der Waals surface area contributed by atoms with Crippen LogP contribution in [0, 0.1) is 6.92 Å². The summed E-state index contributed by atoms with van der Waals surface area (Å²) in [6.45, 7) is 1.94. The average molecular weight is 410 g/mol. The van der Waals surface area contributed by atoms with Gasteiger partial charge in [-0.2, -0.15) is 14.8 Å². The molecule has 0 radical (unpaired) electrons. The summed E-state index contributed by atoms with van der Waals surface area (Å²) in [5.74, 6) is 1.24. The van der Waals surface area contributed by atoms with E-state index in [1.165, 1.54) is 4.68 Å². The molecule has 0 spiro atoms. The highest BCUT2D eigenvalue weighted by Crippen LogP contribution is 2.30. The lowest BCUT2D eigenvalue weighted by Gasteiger charge is -2.11. The molecule has 3 aromatic carbocycles. The second-order valence-corrected chi connectivity index (χ2v) is 7.02. The fraction of sp³-hybridized carbons (Fsp3) is 0.0833. The molecule has 0 bridgehead atoms. The predicted molar refractivity (Wildman–Crippen MR) is 117 cm³/mol. The minimum absolute atomic E-state index is 0.210. The molecule has 31 heavy (non-hydrogen) atoms. The first-order valence-corrected chi connectivity index (χ1v) is 9.73. The van der Waals surface area contributed by atoms with Gasteiger partial charge in [-0.3, -0.25) is 4.79 Å². The maximum atomic E-state index is 13.2. The average Bonchev–Trinajstić information content (AvgIpc) is 3.30. The van der Waals surface area contributed by atoms with Gasteiger partial charge in [0.2, 0.25) is 5.82 Å². The molecule has 0 amide bonds. The van der Waals surface area contributed by atoms with Crippen LogP contribution < -0.4 is 10.3 Å². The van der Waals surface area contributed by atoms with Gasteiger partial charge < -0.3 is 9.26 Å². The van der Waals surface area contributed by atoms with Crippen LogP contribution in [-0.4, -0.2) is 27.0 Å². The first-order chi connectivity index (χ1) is 15.2. The Balaban J connectivity index is 1.75. The number of aryl methyl sites for hydroxylation is 1. The second-order valence-electron chi connectivity index (χ2n) is 7.02. The Hall–Kier alpha value is -4.26. The quantitative estimate of drug-likeness (QED) is 0.436. The molecule has 0 N–H and O–H groups in total. The van der Waals surface area contributed by atoms with Gasteiger partial charge >= 0.3 is 0 Å². The van der Waals surface area contributed by atoms with Gasteiger partial charge in [-0.05, 0) is 36.8 Å². The van der Waals surface area contributed by atoms with Crippen molar-refractivity contribution in [3.8, 4) is 34.4 Å². The zero-order chi connectivity index (χ0) is 21.4. The normalized spacial score (nSPS) is 11.0. The smallest absolute Gasteiger partial charge is 0.279 e. The summed E-state index contributed by atoms with van der Waals surface area (Å²) in [5.41, 5.74) is 2.56. The lowest BCUT2D eigenvalue weighted by atomic mass is 10.1. The van der Waals surface area contributed by atoms with E-state index in [-0.39, 0.29) is 11.4 Å². The van der Waals surface area contributed by atoms with E-state index in [1.807, 2.05) is 73.7 Å². The number of hydrogen-bond acceptors (Lipinski definition) is 6. The summed E-state index contributed by atoms with van der Waals surface area (Å²) in [5, 5.41) is 9.92. The highest BCUT2D eigenvalue weighted by atomic mass is 16.5. The molecule has 0 saturated carbocycles. The van der Waals surface area contributed by atoms with Crippen molar-refractivity contribution < 1.29 is 9.26 Å². The van der Waals surface area contributed by atoms with Crippen LogP contribution in [0.1, 0.15) is 5.56 Å². The predicted octanol–water partition coefficient (Wildman–Crippen LogP) is 4.42. The number of benzene rings is 3. The van der Waals surface area contributed by atoms with Crippen molar-refractivity contribution in [2.45, 2.75) is 6.92 Å². The van der Waals surface area contributed by atoms with Crippen molar-refractivity contribution in [1.82, 2.24) is 19.9 Å². The fourth-order valence-electron chi connectivity index (χ4n) is 3.57. The number of hydrogen-bond donors (Lipinski definition) is 0. The number of para-hydroxylation sites is 2. The number of nitrogens with zero attached hydrogens (tertiary/aromatic N) is 4. The van der Waals surface area contributed by atoms with Crippen molar-refractivity contribution in [2.24, 2.45) is 0 Å². The molecule has 5 rings (SSSR count). The second kappa shape index (κ2) is 7.53. The van der Waals surface area contributed by atoms with E-state index in [0.29, 0.717) is 39.3 Å². The molecule has 0 fully saturated rings. The van der Waals surface area contributed by atoms with Crippen LogP contribution in [0.5, 0.6) is 5.75 Å². The molecule has 2 heterocycles. The molecule has 0 aliphatic carbocycles. The first kappa shape index (κ1) is 18.7. The summed E-state index contributed by atoms with van der Waals surface area (Å²) in [7, 11) is 1.59. The van der Waals surface area contributed by atoms with E-state index in [9.17, 15) is 4.79 Å². The summed E-state index contributed by atoms with van der Waals surface area (Å²) in [4.78, 5) is 17.8. The molecule has 5 aromatic rings. The summed E-state index contributed by atoms with van der Waals surface area (Å²) < 4.78 is 12.4. The Bertz CT molecular complexity index is 1470. The summed E-state index contributed by atoms with van der Waals surface area (Å²) >= 11 is 0. The Morgan fingerprint density at radius 3 is 2.42 bits per heavy atom. The molecule has 2 aromatic heterocycles. The molecule has 0 aliphatic heterocycles. The van der Waals surface area contributed by atoms with Crippen molar-refractivity contribution >= 4 is 10.8 Å². The lowest BCUT2D eigenvalue weighted by molar-refractivity contribution is 0.413. The highest BCUT2D eigenvalue weighted by molar-refractivity contribution is 5.92. The Morgan fingerprint density at radius 2 is 1.61 bits per heavy atom. The molecule has 0 saturated heterocycles. The first-order valence-electron chi connectivity index (χ1n) is 9.73. The SMILES string of the molecule is COc1ccccc1-c1noc(-c2nn(-c3ccccc3C)c(=O)c3ccccc23)n1. The van der Waals surface area contributed by atoms with Crippen LogP contribution >= 0.6 is 0 Å². The van der Waals surface area contributed by atoms with Crippen molar-refractivity contribution in [3.63, 3.8) is 0 Å². The Morgan fingerprint density at radius 1 is 0.903 bits per heavy atom. The molecular formula is C24H18N4O3. The molecule has 0 atom stereocenters. The fourth-order valence-corrected chi connectivity index (χ4v) is 3.57. The van der Waals surface area contributed by atoms with E-state index < -0.39 is 0 Å². The van der Waals surface area contributed by atoms with Gasteiger partial charge in [0.1, 0.15) is 5.75 Å². The van der Waals surface area contributed by atoms with Gasteiger partial charge in [0.15, 0.2) is 5.69 Å². The van der Waals surface area contributed by atoms with Gasteiger partial charge in [0.25, 0.3) is 11.4 Å². The van der Waals surface area contributed by atoms with Gasteiger partial charge in [-0.1, -0.05) is 53.7 Å².